The molecule has 0 aliphatic heterocycles. The molecule has 0 bridgehead atoms. The van der Waals surface area contributed by atoms with Crippen LogP contribution < -0.4 is 5.32 Å². The zero-order chi connectivity index (χ0) is 14.2. The summed E-state index contributed by atoms with van der Waals surface area (Å²) in [6.45, 7) is 3.40. The Balaban J connectivity index is 1.80. The molecule has 0 radical (unpaired) electrons. The number of benzene rings is 1. The molecule has 112 valence electrons. The van der Waals surface area contributed by atoms with Crippen molar-refractivity contribution in [3.63, 3.8) is 0 Å². The zero-order valence-electron chi connectivity index (χ0n) is 12.7. The van der Waals surface area contributed by atoms with Crippen molar-refractivity contribution in [2.45, 2.75) is 70.3 Å². The van der Waals surface area contributed by atoms with Gasteiger partial charge in [0.15, 0.2) is 0 Å². The predicted octanol–water partition coefficient (Wildman–Crippen LogP) is 5.54. The summed E-state index contributed by atoms with van der Waals surface area (Å²) >= 11 is 6.00. The summed E-state index contributed by atoms with van der Waals surface area (Å²) in [6, 6.07) is 9.25. The van der Waals surface area contributed by atoms with E-state index in [9.17, 15) is 0 Å². The molecule has 1 saturated carbocycles. The Labute approximate surface area is 129 Å². The molecule has 1 aromatic rings. The second-order valence-electron chi connectivity index (χ2n) is 6.13. The topological polar surface area (TPSA) is 12.0 Å². The lowest BCUT2D eigenvalue weighted by molar-refractivity contribution is 0.508. The summed E-state index contributed by atoms with van der Waals surface area (Å²) in [5, 5.41) is 4.53. The number of unbranched alkanes of at least 4 members (excludes halogenated alkanes) is 4. The lowest BCUT2D eigenvalue weighted by Gasteiger charge is -2.18. The standard InChI is InChI=1S/C18H28ClN/c1-2-3-4-5-6-7-16(14-20-18-12-13-18)15-8-10-17(19)11-9-15/h8-11,16,18,20H,2-7,12-14H2,1H3. The average molecular weight is 294 g/mol. The van der Waals surface area contributed by atoms with Crippen molar-refractivity contribution in [1.29, 1.82) is 0 Å². The van der Waals surface area contributed by atoms with Gasteiger partial charge in [0.2, 0.25) is 0 Å². The Morgan fingerprint density at radius 2 is 1.80 bits per heavy atom. The fraction of sp³-hybridized carbons (Fsp3) is 0.667. The summed E-state index contributed by atoms with van der Waals surface area (Å²) in [7, 11) is 0. The molecule has 1 nitrogen and oxygen atoms in total. The van der Waals surface area contributed by atoms with E-state index < -0.39 is 0 Å². The lowest BCUT2D eigenvalue weighted by Crippen LogP contribution is -2.23. The van der Waals surface area contributed by atoms with E-state index in [4.69, 9.17) is 11.6 Å². The Morgan fingerprint density at radius 3 is 2.45 bits per heavy atom. The van der Waals surface area contributed by atoms with E-state index >= 15 is 0 Å². The molecule has 0 aromatic heterocycles. The zero-order valence-corrected chi connectivity index (χ0v) is 13.5. The van der Waals surface area contributed by atoms with Crippen molar-refractivity contribution in [3.8, 4) is 0 Å². The van der Waals surface area contributed by atoms with Crippen molar-refractivity contribution in [2.75, 3.05) is 6.54 Å². The van der Waals surface area contributed by atoms with E-state index in [1.54, 1.807) is 0 Å². The minimum absolute atomic E-state index is 0.648. The number of hydrogen-bond donors (Lipinski definition) is 1. The first-order valence-corrected chi connectivity index (χ1v) is 8.66. The van der Waals surface area contributed by atoms with Gasteiger partial charge in [-0.15, -0.1) is 0 Å². The molecule has 0 saturated heterocycles. The maximum absolute atomic E-state index is 6.00. The minimum Gasteiger partial charge on any atom is -0.313 e. The number of hydrogen-bond acceptors (Lipinski definition) is 1. The molecule has 1 unspecified atom stereocenters. The summed E-state index contributed by atoms with van der Waals surface area (Å²) < 4.78 is 0. The van der Waals surface area contributed by atoms with E-state index in [-0.39, 0.29) is 0 Å². The Kier molecular flexibility index (Phi) is 6.89. The molecular formula is C18H28ClN. The Morgan fingerprint density at radius 1 is 1.10 bits per heavy atom. The summed E-state index contributed by atoms with van der Waals surface area (Å²) in [5.74, 6) is 0.648. The Hall–Kier alpha value is -0.530. The highest BCUT2D eigenvalue weighted by molar-refractivity contribution is 6.30. The van der Waals surface area contributed by atoms with Crippen molar-refractivity contribution in [2.24, 2.45) is 0 Å². The number of nitrogens with one attached hydrogen (secondary N) is 1. The van der Waals surface area contributed by atoms with Crippen LogP contribution in [0.3, 0.4) is 0 Å². The third-order valence-electron chi connectivity index (χ3n) is 4.23. The van der Waals surface area contributed by atoms with Crippen LogP contribution in [-0.4, -0.2) is 12.6 Å². The van der Waals surface area contributed by atoms with Gasteiger partial charge in [0.25, 0.3) is 0 Å². The minimum atomic E-state index is 0.648. The van der Waals surface area contributed by atoms with Crippen molar-refractivity contribution in [1.82, 2.24) is 5.32 Å². The van der Waals surface area contributed by atoms with Crippen LogP contribution in [0.2, 0.25) is 5.02 Å². The molecule has 1 aliphatic carbocycles. The molecule has 0 spiro atoms. The van der Waals surface area contributed by atoms with Crippen LogP contribution in [0.1, 0.15) is 69.8 Å². The van der Waals surface area contributed by atoms with E-state index in [2.05, 4.69) is 24.4 Å². The van der Waals surface area contributed by atoms with Crippen molar-refractivity contribution >= 4 is 11.6 Å². The maximum atomic E-state index is 6.00. The van der Waals surface area contributed by atoms with Gasteiger partial charge in [-0.1, -0.05) is 62.8 Å². The quantitative estimate of drug-likeness (QED) is 0.559. The van der Waals surface area contributed by atoms with E-state index in [0.29, 0.717) is 5.92 Å². The summed E-state index contributed by atoms with van der Waals surface area (Å²) in [6.07, 6.45) is 10.8. The van der Waals surface area contributed by atoms with Crippen molar-refractivity contribution < 1.29 is 0 Å². The molecule has 1 atom stereocenters. The van der Waals surface area contributed by atoms with Gasteiger partial charge in [-0.3, -0.25) is 0 Å². The monoisotopic (exact) mass is 293 g/mol. The third-order valence-corrected chi connectivity index (χ3v) is 4.48. The summed E-state index contributed by atoms with van der Waals surface area (Å²) in [5.41, 5.74) is 1.44. The molecule has 20 heavy (non-hydrogen) atoms. The number of halogens is 1. The van der Waals surface area contributed by atoms with E-state index in [1.165, 1.54) is 56.9 Å². The smallest absolute Gasteiger partial charge is 0.0406 e. The van der Waals surface area contributed by atoms with Crippen LogP contribution >= 0.6 is 11.6 Å². The average Bonchev–Trinajstić information content (AvgIpc) is 3.27. The first kappa shape index (κ1) is 15.9. The van der Waals surface area contributed by atoms with Crippen LogP contribution in [0.4, 0.5) is 0 Å². The second kappa shape index (κ2) is 8.69. The van der Waals surface area contributed by atoms with Gasteiger partial charge in [0, 0.05) is 17.6 Å². The van der Waals surface area contributed by atoms with E-state index in [1.807, 2.05) is 12.1 Å². The van der Waals surface area contributed by atoms with Crippen LogP contribution in [0.5, 0.6) is 0 Å². The van der Waals surface area contributed by atoms with Gasteiger partial charge in [0.05, 0.1) is 0 Å². The lowest BCUT2D eigenvalue weighted by atomic mass is 9.92. The fourth-order valence-corrected chi connectivity index (χ4v) is 2.84. The van der Waals surface area contributed by atoms with Gasteiger partial charge >= 0.3 is 0 Å². The maximum Gasteiger partial charge on any atom is 0.0406 e. The molecule has 0 amide bonds. The SMILES string of the molecule is CCCCCCCC(CNC1CC1)c1ccc(Cl)cc1. The molecule has 2 rings (SSSR count). The molecule has 1 aromatic carbocycles. The van der Waals surface area contributed by atoms with Gasteiger partial charge in [-0.25, -0.2) is 0 Å². The van der Waals surface area contributed by atoms with Crippen LogP contribution in [-0.2, 0) is 0 Å². The third kappa shape index (κ3) is 5.85. The molecular weight excluding hydrogens is 266 g/mol. The van der Waals surface area contributed by atoms with E-state index in [0.717, 1.165) is 17.6 Å². The van der Waals surface area contributed by atoms with Gasteiger partial charge in [-0.05, 0) is 42.9 Å². The van der Waals surface area contributed by atoms with Crippen molar-refractivity contribution in [3.05, 3.63) is 34.9 Å². The number of rotatable bonds is 10. The first-order valence-electron chi connectivity index (χ1n) is 8.28. The molecule has 1 fully saturated rings. The largest absolute Gasteiger partial charge is 0.313 e. The van der Waals surface area contributed by atoms with Crippen LogP contribution in [0.15, 0.2) is 24.3 Å². The second-order valence-corrected chi connectivity index (χ2v) is 6.57. The normalized spacial score (nSPS) is 16.3. The molecule has 2 heteroatoms. The highest BCUT2D eigenvalue weighted by Gasteiger charge is 2.22. The predicted molar refractivity (Wildman–Crippen MR) is 88.6 cm³/mol. The first-order chi connectivity index (χ1) is 9.79. The van der Waals surface area contributed by atoms with Gasteiger partial charge in [0.1, 0.15) is 0 Å². The van der Waals surface area contributed by atoms with Crippen LogP contribution in [0, 0.1) is 0 Å². The molecule has 0 heterocycles. The highest BCUT2D eigenvalue weighted by atomic mass is 35.5. The molecule has 1 aliphatic rings. The van der Waals surface area contributed by atoms with Crippen LogP contribution in [0.25, 0.3) is 0 Å². The Bertz CT molecular complexity index is 370. The fourth-order valence-electron chi connectivity index (χ4n) is 2.71. The van der Waals surface area contributed by atoms with Gasteiger partial charge in [-0.2, -0.15) is 0 Å². The van der Waals surface area contributed by atoms with Gasteiger partial charge < -0.3 is 5.32 Å². The summed E-state index contributed by atoms with van der Waals surface area (Å²) in [4.78, 5) is 0. The molecule has 1 N–H and O–H groups in total. The highest BCUT2D eigenvalue weighted by Crippen LogP contribution is 2.26.